The molecule has 0 amide bonds. The van der Waals surface area contributed by atoms with E-state index in [0.29, 0.717) is 26.7 Å². The Morgan fingerprint density at radius 3 is 2.46 bits per heavy atom. The van der Waals surface area contributed by atoms with Gasteiger partial charge in [-0.1, -0.05) is 35.3 Å². The summed E-state index contributed by atoms with van der Waals surface area (Å²) in [6.07, 6.45) is 1.79. The molecule has 0 saturated carbocycles. The summed E-state index contributed by atoms with van der Waals surface area (Å²) in [7, 11) is 3.29. The van der Waals surface area contributed by atoms with E-state index in [1.165, 1.54) is 0 Å². The predicted molar refractivity (Wildman–Crippen MR) is 153 cm³/mol. The molecule has 0 bridgehead atoms. The molecule has 1 fully saturated rings. The van der Waals surface area contributed by atoms with Gasteiger partial charge in [0.15, 0.2) is 5.11 Å². The maximum absolute atomic E-state index is 6.65. The molecule has 2 aromatic heterocycles. The van der Waals surface area contributed by atoms with Gasteiger partial charge in [-0.2, -0.15) is 0 Å². The van der Waals surface area contributed by atoms with Gasteiger partial charge in [-0.15, -0.1) is 0 Å². The highest BCUT2D eigenvalue weighted by atomic mass is 35.5. The Balaban J connectivity index is 1.73. The summed E-state index contributed by atoms with van der Waals surface area (Å²) in [6, 6.07) is 19.0. The highest BCUT2D eigenvalue weighted by Gasteiger charge is 2.43. The highest BCUT2D eigenvalue weighted by Crippen LogP contribution is 2.47. The van der Waals surface area contributed by atoms with Crippen LogP contribution in [0.4, 0.5) is 5.69 Å². The lowest BCUT2D eigenvalue weighted by Gasteiger charge is -2.29. The zero-order chi connectivity index (χ0) is 26.3. The number of thiocarbonyl (C=S) groups is 1. The molecule has 0 unspecified atom stereocenters. The van der Waals surface area contributed by atoms with Gasteiger partial charge in [-0.05, 0) is 74.1 Å². The number of nitrogens with zero attached hydrogens (tertiary/aromatic N) is 3. The van der Waals surface area contributed by atoms with Gasteiger partial charge >= 0.3 is 0 Å². The van der Waals surface area contributed by atoms with E-state index in [2.05, 4.69) is 39.7 Å². The molecule has 6 nitrogen and oxygen atoms in total. The number of hydrogen-bond acceptors (Lipinski definition) is 4. The van der Waals surface area contributed by atoms with Crippen LogP contribution in [0.3, 0.4) is 0 Å². The number of rotatable bonds is 6. The second-order valence-corrected chi connectivity index (χ2v) is 9.94. The average molecular weight is 554 g/mol. The molecule has 0 aliphatic carbocycles. The number of pyridine rings is 1. The molecule has 1 N–H and O–H groups in total. The number of hydrogen-bond donors (Lipinski definition) is 1. The van der Waals surface area contributed by atoms with Crippen molar-refractivity contribution in [2.24, 2.45) is 0 Å². The lowest BCUT2D eigenvalue weighted by atomic mass is 9.96. The largest absolute Gasteiger partial charge is 0.497 e. The summed E-state index contributed by atoms with van der Waals surface area (Å²) >= 11 is 18.9. The van der Waals surface area contributed by atoms with Gasteiger partial charge in [0.1, 0.15) is 11.5 Å². The fourth-order valence-corrected chi connectivity index (χ4v) is 5.76. The molecule has 1 saturated heterocycles. The summed E-state index contributed by atoms with van der Waals surface area (Å²) in [5.74, 6) is 1.39. The van der Waals surface area contributed by atoms with Crippen molar-refractivity contribution >= 4 is 46.2 Å². The van der Waals surface area contributed by atoms with Gasteiger partial charge in [0, 0.05) is 23.7 Å². The monoisotopic (exact) mass is 552 g/mol. The molecular formula is C28H26Cl2N4O2S. The summed E-state index contributed by atoms with van der Waals surface area (Å²) in [5.41, 5.74) is 5.61. The van der Waals surface area contributed by atoms with E-state index in [0.717, 1.165) is 34.0 Å². The standard InChI is InChI=1S/C28H26Cl2N4O2S/c1-16-14-19(17(2)33(16)22-10-7-8-20(29)25(22)30)27-26(21-9-5-6-13-31-21)32-28(37)34(27)23-15-18(35-3)11-12-24(23)36-4/h5-15,26-27H,1-4H3,(H,32,37)/t26-,27+/m1/s1. The van der Waals surface area contributed by atoms with E-state index in [4.69, 9.17) is 44.9 Å². The van der Waals surface area contributed by atoms with Gasteiger partial charge in [-0.25, -0.2) is 0 Å². The molecule has 2 atom stereocenters. The minimum Gasteiger partial charge on any atom is -0.497 e. The van der Waals surface area contributed by atoms with Crippen LogP contribution in [-0.2, 0) is 0 Å². The van der Waals surface area contributed by atoms with Crippen LogP contribution < -0.4 is 19.7 Å². The molecule has 37 heavy (non-hydrogen) atoms. The van der Waals surface area contributed by atoms with E-state index in [1.54, 1.807) is 26.5 Å². The third kappa shape index (κ3) is 4.41. The van der Waals surface area contributed by atoms with Gasteiger partial charge in [0.2, 0.25) is 0 Å². The third-order valence-corrected chi connectivity index (χ3v) is 7.83. The van der Waals surface area contributed by atoms with Crippen LogP contribution in [0.15, 0.2) is 66.9 Å². The topological polar surface area (TPSA) is 51.6 Å². The fraction of sp³-hybridized carbons (Fsp3) is 0.214. The van der Waals surface area contributed by atoms with Crippen molar-refractivity contribution in [3.63, 3.8) is 0 Å². The normalized spacial score (nSPS) is 17.1. The van der Waals surface area contributed by atoms with E-state index in [1.807, 2.05) is 48.5 Å². The van der Waals surface area contributed by atoms with Gasteiger partial charge in [0.25, 0.3) is 0 Å². The molecule has 0 radical (unpaired) electrons. The summed E-state index contributed by atoms with van der Waals surface area (Å²) in [5, 5.41) is 5.09. The van der Waals surface area contributed by atoms with Crippen molar-refractivity contribution in [2.75, 3.05) is 19.1 Å². The second-order valence-electron chi connectivity index (χ2n) is 8.77. The van der Waals surface area contributed by atoms with E-state index in [-0.39, 0.29) is 12.1 Å². The van der Waals surface area contributed by atoms with Crippen LogP contribution in [0.2, 0.25) is 10.0 Å². The minimum absolute atomic E-state index is 0.214. The number of aryl methyl sites for hydroxylation is 1. The third-order valence-electron chi connectivity index (χ3n) is 6.70. The lowest BCUT2D eigenvalue weighted by Crippen LogP contribution is -2.30. The number of aromatic nitrogens is 2. The number of anilines is 1. The van der Waals surface area contributed by atoms with Crippen LogP contribution in [0.5, 0.6) is 11.5 Å². The van der Waals surface area contributed by atoms with Crippen LogP contribution in [0.1, 0.15) is 34.7 Å². The van der Waals surface area contributed by atoms with E-state index in [9.17, 15) is 0 Å². The number of halogens is 2. The van der Waals surface area contributed by atoms with Crippen LogP contribution in [0.25, 0.3) is 5.69 Å². The van der Waals surface area contributed by atoms with Crippen molar-refractivity contribution in [2.45, 2.75) is 25.9 Å². The van der Waals surface area contributed by atoms with Crippen LogP contribution >= 0.6 is 35.4 Å². The summed E-state index contributed by atoms with van der Waals surface area (Å²) in [4.78, 5) is 6.75. The maximum Gasteiger partial charge on any atom is 0.174 e. The van der Waals surface area contributed by atoms with Crippen LogP contribution in [-0.4, -0.2) is 28.9 Å². The quantitative estimate of drug-likeness (QED) is 0.260. The zero-order valence-corrected chi connectivity index (χ0v) is 23.2. The smallest absolute Gasteiger partial charge is 0.174 e. The Labute approximate surface area is 231 Å². The predicted octanol–water partition coefficient (Wildman–Crippen LogP) is 6.99. The van der Waals surface area contributed by atoms with Crippen molar-refractivity contribution in [1.29, 1.82) is 0 Å². The maximum atomic E-state index is 6.65. The van der Waals surface area contributed by atoms with Crippen molar-refractivity contribution in [3.8, 4) is 17.2 Å². The summed E-state index contributed by atoms with van der Waals surface area (Å²) in [6.45, 7) is 4.14. The Kier molecular flexibility index (Phi) is 7.03. The van der Waals surface area contributed by atoms with Crippen molar-refractivity contribution in [1.82, 2.24) is 14.9 Å². The zero-order valence-electron chi connectivity index (χ0n) is 20.8. The number of methoxy groups -OCH3 is 2. The Bertz CT molecular complexity index is 1470. The van der Waals surface area contributed by atoms with Gasteiger partial charge < -0.3 is 24.3 Å². The molecule has 2 aromatic carbocycles. The fourth-order valence-electron chi connectivity index (χ4n) is 5.04. The summed E-state index contributed by atoms with van der Waals surface area (Å²) < 4.78 is 13.4. The molecule has 1 aliphatic rings. The number of ether oxygens (including phenoxy) is 2. The number of benzene rings is 2. The average Bonchev–Trinajstić information content (AvgIpc) is 3.40. The first kappa shape index (κ1) is 25.4. The molecule has 4 aromatic rings. The molecule has 3 heterocycles. The molecule has 0 spiro atoms. The van der Waals surface area contributed by atoms with Crippen molar-refractivity contribution < 1.29 is 9.47 Å². The first-order valence-corrected chi connectivity index (χ1v) is 12.9. The van der Waals surface area contributed by atoms with Gasteiger partial charge in [0.05, 0.1) is 53.4 Å². The highest BCUT2D eigenvalue weighted by molar-refractivity contribution is 7.80. The molecular weight excluding hydrogens is 527 g/mol. The van der Waals surface area contributed by atoms with E-state index < -0.39 is 0 Å². The molecule has 5 rings (SSSR count). The van der Waals surface area contributed by atoms with Crippen molar-refractivity contribution in [3.05, 3.63) is 99.6 Å². The number of nitrogens with one attached hydrogen (secondary N) is 1. The Hall–Kier alpha value is -3.26. The SMILES string of the molecule is COc1ccc(OC)c(N2C(=S)N[C@H](c3ccccn3)[C@@H]2c2cc(C)n(-c3cccc(Cl)c3Cl)c2C)c1. The van der Waals surface area contributed by atoms with E-state index >= 15 is 0 Å². The Morgan fingerprint density at radius 1 is 0.946 bits per heavy atom. The van der Waals surface area contributed by atoms with Crippen LogP contribution in [0, 0.1) is 13.8 Å². The Morgan fingerprint density at radius 2 is 1.76 bits per heavy atom. The molecule has 190 valence electrons. The molecule has 1 aliphatic heterocycles. The lowest BCUT2D eigenvalue weighted by molar-refractivity contribution is 0.403. The van der Waals surface area contributed by atoms with Gasteiger partial charge in [-0.3, -0.25) is 4.98 Å². The second kappa shape index (κ2) is 10.2. The first-order valence-electron chi connectivity index (χ1n) is 11.7. The minimum atomic E-state index is -0.235. The first-order chi connectivity index (χ1) is 17.8. The molecule has 9 heteroatoms.